The number of ether oxygens (including phenoxy) is 1. The van der Waals surface area contributed by atoms with Gasteiger partial charge in [0.05, 0.1) is 12.7 Å². The standard InChI is InChI=1S/C21H18FN3O4/c1-13-11-18(26)19(24-25(13)17-6-4-3-5-16(17)22)20(27)23-12-14-7-9-15(10-8-14)21(28)29-2/h3-11H,12H2,1-2H3,(H,23,27). The van der Waals surface area contributed by atoms with Crippen LogP contribution in [0.15, 0.2) is 59.4 Å². The van der Waals surface area contributed by atoms with E-state index in [-0.39, 0.29) is 17.9 Å². The van der Waals surface area contributed by atoms with Crippen molar-refractivity contribution in [3.63, 3.8) is 0 Å². The third-order valence-corrected chi connectivity index (χ3v) is 4.23. The largest absolute Gasteiger partial charge is 0.465 e. The molecule has 0 saturated heterocycles. The molecule has 3 aromatic rings. The molecule has 2 aromatic carbocycles. The number of amides is 1. The molecule has 29 heavy (non-hydrogen) atoms. The Morgan fingerprint density at radius 3 is 2.48 bits per heavy atom. The zero-order valence-corrected chi connectivity index (χ0v) is 15.8. The molecule has 0 atom stereocenters. The summed E-state index contributed by atoms with van der Waals surface area (Å²) in [5.41, 5.74) is 0.731. The van der Waals surface area contributed by atoms with Crippen molar-refractivity contribution in [3.8, 4) is 5.69 Å². The number of nitrogens with one attached hydrogen (secondary N) is 1. The fourth-order valence-corrected chi connectivity index (χ4v) is 2.71. The lowest BCUT2D eigenvalue weighted by atomic mass is 10.1. The highest BCUT2D eigenvalue weighted by atomic mass is 19.1. The summed E-state index contributed by atoms with van der Waals surface area (Å²) in [5.74, 6) is -1.67. The Labute approximate surface area is 165 Å². The number of carbonyl (C=O) groups is 2. The fourth-order valence-electron chi connectivity index (χ4n) is 2.71. The molecule has 1 heterocycles. The highest BCUT2D eigenvalue weighted by Crippen LogP contribution is 2.13. The molecule has 1 aromatic heterocycles. The van der Waals surface area contributed by atoms with Crippen molar-refractivity contribution in [2.75, 3.05) is 7.11 Å². The number of hydrogen-bond donors (Lipinski definition) is 1. The van der Waals surface area contributed by atoms with Gasteiger partial charge in [0, 0.05) is 18.3 Å². The van der Waals surface area contributed by atoms with Crippen LogP contribution in [0.5, 0.6) is 0 Å². The van der Waals surface area contributed by atoms with Crippen molar-refractivity contribution in [2.45, 2.75) is 13.5 Å². The van der Waals surface area contributed by atoms with Gasteiger partial charge in [-0.05, 0) is 36.8 Å². The van der Waals surface area contributed by atoms with Crippen molar-refractivity contribution >= 4 is 11.9 Å². The topological polar surface area (TPSA) is 90.3 Å². The predicted octanol–water partition coefficient (Wildman–Crippen LogP) is 2.40. The molecule has 7 nitrogen and oxygen atoms in total. The molecule has 8 heteroatoms. The van der Waals surface area contributed by atoms with E-state index in [1.807, 2.05) is 0 Å². The smallest absolute Gasteiger partial charge is 0.337 e. The first-order valence-corrected chi connectivity index (χ1v) is 8.72. The Hall–Kier alpha value is -3.81. The normalized spacial score (nSPS) is 10.4. The number of methoxy groups -OCH3 is 1. The number of rotatable bonds is 5. The number of nitrogens with zero attached hydrogens (tertiary/aromatic N) is 2. The van der Waals surface area contributed by atoms with Gasteiger partial charge in [-0.3, -0.25) is 9.59 Å². The summed E-state index contributed by atoms with van der Waals surface area (Å²) in [6.07, 6.45) is 0. The summed E-state index contributed by atoms with van der Waals surface area (Å²) < 4.78 is 20.0. The number of hydrogen-bond acceptors (Lipinski definition) is 5. The average molecular weight is 395 g/mol. The van der Waals surface area contributed by atoms with Crippen LogP contribution in [0.4, 0.5) is 4.39 Å². The highest BCUT2D eigenvalue weighted by Gasteiger charge is 2.16. The minimum Gasteiger partial charge on any atom is -0.465 e. The first-order chi connectivity index (χ1) is 13.9. The molecule has 0 fully saturated rings. The molecule has 1 amide bonds. The maximum Gasteiger partial charge on any atom is 0.337 e. The van der Waals surface area contributed by atoms with Gasteiger partial charge in [0.25, 0.3) is 5.91 Å². The van der Waals surface area contributed by atoms with Gasteiger partial charge < -0.3 is 10.1 Å². The second-order valence-corrected chi connectivity index (χ2v) is 6.23. The molecule has 0 unspecified atom stereocenters. The van der Waals surface area contributed by atoms with Crippen molar-refractivity contribution in [3.05, 3.63) is 93.2 Å². The average Bonchev–Trinajstić information content (AvgIpc) is 2.72. The molecule has 0 radical (unpaired) electrons. The molecular formula is C21H18FN3O4. The molecule has 0 saturated carbocycles. The van der Waals surface area contributed by atoms with E-state index in [1.165, 1.54) is 36.1 Å². The number of halogens is 1. The third-order valence-electron chi connectivity index (χ3n) is 4.23. The minimum absolute atomic E-state index is 0.120. The third kappa shape index (κ3) is 4.37. The van der Waals surface area contributed by atoms with E-state index in [2.05, 4.69) is 15.2 Å². The molecule has 0 aliphatic heterocycles. The van der Waals surface area contributed by atoms with Gasteiger partial charge in [0.2, 0.25) is 5.43 Å². The van der Waals surface area contributed by atoms with Crippen molar-refractivity contribution in [2.24, 2.45) is 0 Å². The molecule has 148 valence electrons. The number of aromatic nitrogens is 2. The van der Waals surface area contributed by atoms with E-state index in [0.29, 0.717) is 16.8 Å². The van der Waals surface area contributed by atoms with E-state index in [0.717, 1.165) is 0 Å². The molecule has 1 N–H and O–H groups in total. The number of esters is 1. The number of benzene rings is 2. The number of para-hydroxylation sites is 1. The Morgan fingerprint density at radius 2 is 1.83 bits per heavy atom. The summed E-state index contributed by atoms with van der Waals surface area (Å²) >= 11 is 0. The van der Waals surface area contributed by atoms with E-state index in [1.54, 1.807) is 37.3 Å². The molecule has 0 aliphatic rings. The molecule has 0 spiro atoms. The van der Waals surface area contributed by atoms with Crippen LogP contribution in [0.3, 0.4) is 0 Å². The fraction of sp³-hybridized carbons (Fsp3) is 0.143. The Morgan fingerprint density at radius 1 is 1.14 bits per heavy atom. The van der Waals surface area contributed by atoms with Crippen molar-refractivity contribution in [1.29, 1.82) is 0 Å². The zero-order chi connectivity index (χ0) is 21.0. The maximum absolute atomic E-state index is 14.1. The van der Waals surface area contributed by atoms with Gasteiger partial charge in [-0.25, -0.2) is 13.9 Å². The Kier molecular flexibility index (Phi) is 5.82. The van der Waals surface area contributed by atoms with Crippen LogP contribution >= 0.6 is 0 Å². The zero-order valence-electron chi connectivity index (χ0n) is 15.8. The lowest BCUT2D eigenvalue weighted by molar-refractivity contribution is 0.0600. The van der Waals surface area contributed by atoms with Crippen LogP contribution in [0.2, 0.25) is 0 Å². The van der Waals surface area contributed by atoms with E-state index < -0.39 is 23.1 Å². The number of carbonyl (C=O) groups excluding carboxylic acids is 2. The second kappa shape index (κ2) is 8.47. The van der Waals surface area contributed by atoms with Crippen LogP contribution in [0, 0.1) is 12.7 Å². The highest BCUT2D eigenvalue weighted by molar-refractivity contribution is 5.92. The van der Waals surface area contributed by atoms with Crippen LogP contribution in [-0.4, -0.2) is 28.8 Å². The molecular weight excluding hydrogens is 377 g/mol. The van der Waals surface area contributed by atoms with Gasteiger partial charge in [-0.1, -0.05) is 24.3 Å². The molecule has 0 bridgehead atoms. The summed E-state index contributed by atoms with van der Waals surface area (Å²) in [5, 5.41) is 6.66. The number of aryl methyl sites for hydroxylation is 1. The van der Waals surface area contributed by atoms with Crippen LogP contribution in [-0.2, 0) is 11.3 Å². The minimum atomic E-state index is -0.683. The lowest BCUT2D eigenvalue weighted by Crippen LogP contribution is -2.31. The first-order valence-electron chi connectivity index (χ1n) is 8.72. The van der Waals surface area contributed by atoms with Gasteiger partial charge in [0.15, 0.2) is 5.69 Å². The maximum atomic E-state index is 14.1. The van der Waals surface area contributed by atoms with Crippen LogP contribution < -0.4 is 10.7 Å². The van der Waals surface area contributed by atoms with Crippen LogP contribution in [0.25, 0.3) is 5.69 Å². The SMILES string of the molecule is COC(=O)c1ccc(CNC(=O)c2nn(-c3ccccc3F)c(C)cc2=O)cc1. The van der Waals surface area contributed by atoms with E-state index in [9.17, 15) is 18.8 Å². The van der Waals surface area contributed by atoms with Gasteiger partial charge in [0.1, 0.15) is 11.5 Å². The monoisotopic (exact) mass is 395 g/mol. The van der Waals surface area contributed by atoms with Crippen LogP contribution in [0.1, 0.15) is 32.1 Å². The van der Waals surface area contributed by atoms with Crippen molar-refractivity contribution in [1.82, 2.24) is 15.1 Å². The van der Waals surface area contributed by atoms with Gasteiger partial charge >= 0.3 is 5.97 Å². The molecule has 3 rings (SSSR count). The Bertz CT molecular complexity index is 1120. The summed E-state index contributed by atoms with van der Waals surface area (Å²) in [6.45, 7) is 1.72. The lowest BCUT2D eigenvalue weighted by Gasteiger charge is -2.12. The predicted molar refractivity (Wildman–Crippen MR) is 103 cm³/mol. The quantitative estimate of drug-likeness (QED) is 0.670. The molecule has 0 aliphatic carbocycles. The van der Waals surface area contributed by atoms with E-state index in [4.69, 9.17) is 0 Å². The van der Waals surface area contributed by atoms with E-state index >= 15 is 0 Å². The summed E-state index contributed by atoms with van der Waals surface area (Å²) in [7, 11) is 1.29. The van der Waals surface area contributed by atoms with Gasteiger partial charge in [-0.2, -0.15) is 5.10 Å². The first kappa shape index (κ1) is 19.9. The van der Waals surface area contributed by atoms with Crippen molar-refractivity contribution < 1.29 is 18.7 Å². The van der Waals surface area contributed by atoms with Gasteiger partial charge in [-0.15, -0.1) is 0 Å². The summed E-state index contributed by atoms with van der Waals surface area (Å²) in [6, 6.07) is 13.6. The summed E-state index contributed by atoms with van der Waals surface area (Å²) in [4.78, 5) is 36.2. The second-order valence-electron chi connectivity index (χ2n) is 6.23. The Balaban J connectivity index is 1.81.